The smallest absolute Gasteiger partial charge is 0.256 e. The number of rotatable bonds is 2. The van der Waals surface area contributed by atoms with Crippen LogP contribution in [0.1, 0.15) is 22.3 Å². The Bertz CT molecular complexity index is 682. The highest BCUT2D eigenvalue weighted by Gasteiger charge is 2.17. The molecule has 1 aliphatic rings. The predicted molar refractivity (Wildman–Crippen MR) is 82.6 cm³/mol. The Morgan fingerprint density at radius 2 is 2.14 bits per heavy atom. The SMILES string of the molecule is O=C(Nc1cc(F)cc(Cl)c1)c1cccc2c1CCCN2. The van der Waals surface area contributed by atoms with Gasteiger partial charge in [0.1, 0.15) is 5.82 Å². The van der Waals surface area contributed by atoms with Crippen molar-refractivity contribution >= 4 is 28.9 Å². The van der Waals surface area contributed by atoms with E-state index in [1.807, 2.05) is 12.1 Å². The number of amides is 1. The summed E-state index contributed by atoms with van der Waals surface area (Å²) in [5.74, 6) is -0.730. The number of carbonyl (C=O) groups excluding carboxylic acids is 1. The molecule has 0 fully saturated rings. The van der Waals surface area contributed by atoms with Crippen molar-refractivity contribution in [3.05, 3.63) is 58.4 Å². The first-order valence-electron chi connectivity index (χ1n) is 6.77. The van der Waals surface area contributed by atoms with Gasteiger partial charge in [-0.3, -0.25) is 4.79 Å². The summed E-state index contributed by atoms with van der Waals surface area (Å²) in [4.78, 5) is 12.4. The highest BCUT2D eigenvalue weighted by Crippen LogP contribution is 2.26. The fraction of sp³-hybridized carbons (Fsp3) is 0.188. The highest BCUT2D eigenvalue weighted by atomic mass is 35.5. The molecule has 108 valence electrons. The van der Waals surface area contributed by atoms with E-state index in [0.29, 0.717) is 11.3 Å². The van der Waals surface area contributed by atoms with Crippen molar-refractivity contribution in [2.45, 2.75) is 12.8 Å². The molecule has 0 saturated carbocycles. The largest absolute Gasteiger partial charge is 0.385 e. The van der Waals surface area contributed by atoms with Gasteiger partial charge >= 0.3 is 0 Å². The molecular weight excluding hydrogens is 291 g/mol. The third-order valence-electron chi connectivity index (χ3n) is 3.46. The van der Waals surface area contributed by atoms with Crippen LogP contribution < -0.4 is 10.6 Å². The molecule has 3 nitrogen and oxygen atoms in total. The molecule has 5 heteroatoms. The molecule has 0 atom stereocenters. The Hall–Kier alpha value is -2.07. The van der Waals surface area contributed by atoms with E-state index in [1.165, 1.54) is 18.2 Å². The first-order valence-corrected chi connectivity index (χ1v) is 7.14. The molecule has 0 bridgehead atoms. The molecule has 2 N–H and O–H groups in total. The van der Waals surface area contributed by atoms with Crippen LogP contribution in [-0.2, 0) is 6.42 Å². The van der Waals surface area contributed by atoms with Gasteiger partial charge in [0, 0.05) is 28.5 Å². The van der Waals surface area contributed by atoms with Crippen LogP contribution in [0.25, 0.3) is 0 Å². The quantitative estimate of drug-likeness (QED) is 0.877. The van der Waals surface area contributed by atoms with Crippen LogP contribution in [-0.4, -0.2) is 12.5 Å². The summed E-state index contributed by atoms with van der Waals surface area (Å²) >= 11 is 5.79. The molecule has 0 spiro atoms. The summed E-state index contributed by atoms with van der Waals surface area (Å²) in [5, 5.41) is 6.23. The van der Waals surface area contributed by atoms with E-state index in [9.17, 15) is 9.18 Å². The van der Waals surface area contributed by atoms with E-state index in [-0.39, 0.29) is 10.9 Å². The molecular formula is C16H14ClFN2O. The predicted octanol–water partition coefficient (Wildman–Crippen LogP) is 4.09. The lowest BCUT2D eigenvalue weighted by Gasteiger charge is -2.20. The molecule has 21 heavy (non-hydrogen) atoms. The van der Waals surface area contributed by atoms with Gasteiger partial charge in [-0.1, -0.05) is 17.7 Å². The maximum Gasteiger partial charge on any atom is 0.256 e. The number of fused-ring (bicyclic) bond motifs is 1. The number of carbonyl (C=O) groups is 1. The van der Waals surface area contributed by atoms with Crippen LogP contribution in [0, 0.1) is 5.82 Å². The Balaban J connectivity index is 1.89. The number of hydrogen-bond donors (Lipinski definition) is 2. The zero-order valence-electron chi connectivity index (χ0n) is 11.2. The fourth-order valence-corrected chi connectivity index (χ4v) is 2.77. The van der Waals surface area contributed by atoms with E-state index in [0.717, 1.165) is 30.6 Å². The second-order valence-corrected chi connectivity index (χ2v) is 5.41. The lowest BCUT2D eigenvalue weighted by molar-refractivity contribution is 0.102. The first kappa shape index (κ1) is 13.9. The second kappa shape index (κ2) is 5.74. The molecule has 0 aliphatic carbocycles. The molecule has 1 heterocycles. The van der Waals surface area contributed by atoms with Gasteiger partial charge in [-0.25, -0.2) is 4.39 Å². The lowest BCUT2D eigenvalue weighted by atomic mass is 9.97. The molecule has 0 unspecified atom stereocenters. The molecule has 1 amide bonds. The minimum atomic E-state index is -0.477. The van der Waals surface area contributed by atoms with E-state index < -0.39 is 5.82 Å². The van der Waals surface area contributed by atoms with Gasteiger partial charge in [0.25, 0.3) is 5.91 Å². The van der Waals surface area contributed by atoms with E-state index in [4.69, 9.17) is 11.6 Å². The first-order chi connectivity index (χ1) is 10.1. The Morgan fingerprint density at radius 3 is 2.95 bits per heavy atom. The van der Waals surface area contributed by atoms with E-state index in [2.05, 4.69) is 10.6 Å². The zero-order chi connectivity index (χ0) is 14.8. The van der Waals surface area contributed by atoms with Gasteiger partial charge in [0.15, 0.2) is 0 Å². The maximum absolute atomic E-state index is 13.3. The zero-order valence-corrected chi connectivity index (χ0v) is 12.0. The minimum absolute atomic E-state index is 0.252. The van der Waals surface area contributed by atoms with Crippen molar-refractivity contribution < 1.29 is 9.18 Å². The third kappa shape index (κ3) is 3.00. The second-order valence-electron chi connectivity index (χ2n) is 4.97. The topological polar surface area (TPSA) is 41.1 Å². The third-order valence-corrected chi connectivity index (χ3v) is 3.68. The molecule has 0 aromatic heterocycles. The lowest BCUT2D eigenvalue weighted by Crippen LogP contribution is -2.19. The Morgan fingerprint density at radius 1 is 1.29 bits per heavy atom. The summed E-state index contributed by atoms with van der Waals surface area (Å²) in [7, 11) is 0. The van der Waals surface area contributed by atoms with Crippen LogP contribution in [0.5, 0.6) is 0 Å². The van der Waals surface area contributed by atoms with Crippen molar-refractivity contribution in [2.75, 3.05) is 17.2 Å². The fourth-order valence-electron chi connectivity index (χ4n) is 2.55. The van der Waals surface area contributed by atoms with Gasteiger partial charge in [0.2, 0.25) is 0 Å². The Labute approximate surface area is 127 Å². The van der Waals surface area contributed by atoms with Crippen molar-refractivity contribution in [3.63, 3.8) is 0 Å². The molecule has 1 aliphatic heterocycles. The molecule has 2 aromatic carbocycles. The van der Waals surface area contributed by atoms with E-state index >= 15 is 0 Å². The number of benzene rings is 2. The minimum Gasteiger partial charge on any atom is -0.385 e. The molecule has 2 aromatic rings. The van der Waals surface area contributed by atoms with Crippen LogP contribution >= 0.6 is 11.6 Å². The number of halogens is 2. The number of anilines is 2. The van der Waals surface area contributed by atoms with Crippen LogP contribution in [0.2, 0.25) is 5.02 Å². The number of nitrogens with one attached hydrogen (secondary N) is 2. The number of hydrogen-bond acceptors (Lipinski definition) is 2. The summed E-state index contributed by atoms with van der Waals surface area (Å²) in [6.07, 6.45) is 1.85. The van der Waals surface area contributed by atoms with Gasteiger partial charge in [0.05, 0.1) is 0 Å². The van der Waals surface area contributed by atoms with Gasteiger partial charge in [-0.05, 0) is 48.7 Å². The van der Waals surface area contributed by atoms with Crippen LogP contribution in [0.15, 0.2) is 36.4 Å². The van der Waals surface area contributed by atoms with Gasteiger partial charge in [-0.2, -0.15) is 0 Å². The van der Waals surface area contributed by atoms with E-state index in [1.54, 1.807) is 6.07 Å². The van der Waals surface area contributed by atoms with Crippen molar-refractivity contribution in [1.82, 2.24) is 0 Å². The molecule has 0 saturated heterocycles. The van der Waals surface area contributed by atoms with Crippen LogP contribution in [0.4, 0.5) is 15.8 Å². The highest BCUT2D eigenvalue weighted by molar-refractivity contribution is 6.31. The van der Waals surface area contributed by atoms with Crippen molar-refractivity contribution in [3.8, 4) is 0 Å². The standard InChI is InChI=1S/C16H14ClFN2O/c17-10-7-11(18)9-12(8-10)20-16(21)14-3-1-5-15-13(14)4-2-6-19-15/h1,3,5,7-9,19H,2,4,6H2,(H,20,21). The van der Waals surface area contributed by atoms with Gasteiger partial charge in [-0.15, -0.1) is 0 Å². The van der Waals surface area contributed by atoms with Crippen molar-refractivity contribution in [2.24, 2.45) is 0 Å². The summed E-state index contributed by atoms with van der Waals surface area (Å²) in [5.41, 5.74) is 2.96. The Kier molecular flexibility index (Phi) is 3.80. The summed E-state index contributed by atoms with van der Waals surface area (Å²) in [6, 6.07) is 9.55. The average Bonchev–Trinajstić information content (AvgIpc) is 2.45. The summed E-state index contributed by atoms with van der Waals surface area (Å²) in [6.45, 7) is 0.914. The molecule has 3 rings (SSSR count). The average molecular weight is 305 g/mol. The maximum atomic E-state index is 13.3. The summed E-state index contributed by atoms with van der Waals surface area (Å²) < 4.78 is 13.3. The van der Waals surface area contributed by atoms with Crippen molar-refractivity contribution in [1.29, 1.82) is 0 Å². The van der Waals surface area contributed by atoms with Gasteiger partial charge < -0.3 is 10.6 Å². The van der Waals surface area contributed by atoms with Crippen LogP contribution in [0.3, 0.4) is 0 Å². The molecule has 0 radical (unpaired) electrons. The normalized spacial score (nSPS) is 13.2. The monoisotopic (exact) mass is 304 g/mol.